The van der Waals surface area contributed by atoms with Gasteiger partial charge in [0.1, 0.15) is 5.82 Å². The van der Waals surface area contributed by atoms with E-state index in [-0.39, 0.29) is 29.6 Å². The molecule has 1 atom stereocenters. The van der Waals surface area contributed by atoms with Crippen molar-refractivity contribution in [2.45, 2.75) is 52.0 Å². The van der Waals surface area contributed by atoms with Crippen LogP contribution in [0.5, 0.6) is 11.5 Å². The van der Waals surface area contributed by atoms with Crippen molar-refractivity contribution < 1.29 is 26.5 Å². The third-order valence-corrected chi connectivity index (χ3v) is 6.42. The highest BCUT2D eigenvalue weighted by molar-refractivity contribution is 7.87. The average molecular weight is 438 g/mol. The van der Waals surface area contributed by atoms with E-state index >= 15 is 0 Å². The molecule has 30 heavy (non-hydrogen) atoms. The van der Waals surface area contributed by atoms with Gasteiger partial charge < -0.3 is 13.8 Å². The highest BCUT2D eigenvalue weighted by atomic mass is 32.2. The first-order valence-electron chi connectivity index (χ1n) is 9.76. The molecule has 0 aromatic heterocycles. The van der Waals surface area contributed by atoms with Gasteiger partial charge in [0.05, 0.1) is 17.9 Å². The molecule has 164 valence electrons. The minimum absolute atomic E-state index is 0.00910. The Labute approximate surface area is 177 Å². The molecule has 0 saturated heterocycles. The summed E-state index contributed by atoms with van der Waals surface area (Å²) in [5, 5.41) is -0.731. The third kappa shape index (κ3) is 5.50. The number of hydrogen-bond acceptors (Lipinski definition) is 5. The van der Waals surface area contributed by atoms with Crippen molar-refractivity contribution in [3.63, 3.8) is 0 Å². The molecule has 0 saturated carbocycles. The summed E-state index contributed by atoms with van der Waals surface area (Å²) in [4.78, 5) is 14.6. The number of methoxy groups -OCH3 is 1. The lowest BCUT2D eigenvalue weighted by atomic mass is 10.1. The van der Waals surface area contributed by atoms with Crippen LogP contribution in [-0.2, 0) is 16.7 Å². The van der Waals surface area contributed by atoms with E-state index in [1.165, 1.54) is 45.2 Å². The van der Waals surface area contributed by atoms with Crippen molar-refractivity contribution in [1.82, 2.24) is 4.90 Å². The smallest absolute Gasteiger partial charge is 0.311 e. The van der Waals surface area contributed by atoms with Crippen LogP contribution < -0.4 is 8.92 Å². The summed E-state index contributed by atoms with van der Waals surface area (Å²) in [5.41, 5.74) is 0.625. The number of benzene rings is 2. The van der Waals surface area contributed by atoms with E-state index in [1.807, 2.05) is 13.8 Å². The fourth-order valence-electron chi connectivity index (χ4n) is 2.74. The topological polar surface area (TPSA) is 72.9 Å². The van der Waals surface area contributed by atoms with Crippen LogP contribution in [0.25, 0.3) is 0 Å². The fraction of sp³-hybridized carbons (Fsp3) is 0.409. The van der Waals surface area contributed by atoms with Gasteiger partial charge in [-0.3, -0.25) is 4.79 Å². The van der Waals surface area contributed by atoms with Crippen LogP contribution in [0.4, 0.5) is 4.39 Å². The molecule has 8 heteroatoms. The Bertz CT molecular complexity index is 991. The molecule has 0 spiro atoms. The van der Waals surface area contributed by atoms with Gasteiger partial charge in [0.2, 0.25) is 0 Å². The van der Waals surface area contributed by atoms with Crippen molar-refractivity contribution in [2.24, 2.45) is 0 Å². The molecule has 0 heterocycles. The van der Waals surface area contributed by atoms with Gasteiger partial charge in [-0.1, -0.05) is 25.1 Å². The number of halogens is 1. The quantitative estimate of drug-likeness (QED) is 0.544. The van der Waals surface area contributed by atoms with Crippen LogP contribution in [0.15, 0.2) is 42.5 Å². The summed E-state index contributed by atoms with van der Waals surface area (Å²) in [6.45, 7) is 7.00. The number of amides is 1. The van der Waals surface area contributed by atoms with E-state index in [4.69, 9.17) is 8.92 Å². The summed E-state index contributed by atoms with van der Waals surface area (Å²) in [6.07, 6.45) is 0.668. The standard InChI is InChI=1S/C22H28FNO5S/c1-6-16(4)24(22(25)18-9-7-8-10-19(18)23)14-17-11-12-20(28-5)21(13-17)29-30(26,27)15(2)3/h7-13,15-16H,6,14H2,1-5H3/t16-/m1/s1. The summed E-state index contributed by atoms with van der Waals surface area (Å²) in [6, 6.07) is 10.5. The molecule has 0 unspecified atom stereocenters. The first-order valence-corrected chi connectivity index (χ1v) is 11.2. The number of carbonyl (C=O) groups is 1. The highest BCUT2D eigenvalue weighted by Gasteiger charge is 2.25. The van der Waals surface area contributed by atoms with Crippen molar-refractivity contribution in [3.05, 3.63) is 59.4 Å². The maximum Gasteiger partial charge on any atom is 0.311 e. The van der Waals surface area contributed by atoms with Crippen LogP contribution >= 0.6 is 0 Å². The van der Waals surface area contributed by atoms with E-state index < -0.39 is 27.1 Å². The Morgan fingerprint density at radius 2 is 1.77 bits per heavy atom. The van der Waals surface area contributed by atoms with Crippen LogP contribution in [0, 0.1) is 5.82 Å². The largest absolute Gasteiger partial charge is 0.493 e. The summed E-state index contributed by atoms with van der Waals surface area (Å²) < 4.78 is 49.0. The van der Waals surface area contributed by atoms with Gasteiger partial charge in [0.25, 0.3) is 5.91 Å². The second-order valence-electron chi connectivity index (χ2n) is 7.28. The third-order valence-electron chi connectivity index (χ3n) is 4.85. The van der Waals surface area contributed by atoms with Crippen molar-refractivity contribution in [2.75, 3.05) is 7.11 Å². The SMILES string of the molecule is CC[C@@H](C)N(Cc1ccc(OC)c(OS(=O)(=O)C(C)C)c1)C(=O)c1ccccc1F. The molecular formula is C22H28FNO5S. The molecule has 2 aromatic rings. The van der Waals surface area contributed by atoms with Gasteiger partial charge in [0.15, 0.2) is 11.5 Å². The molecule has 1 amide bonds. The Morgan fingerprint density at radius 3 is 2.33 bits per heavy atom. The molecule has 6 nitrogen and oxygen atoms in total. The highest BCUT2D eigenvalue weighted by Crippen LogP contribution is 2.31. The molecular weight excluding hydrogens is 409 g/mol. The maximum absolute atomic E-state index is 14.2. The van der Waals surface area contributed by atoms with Gasteiger partial charge in [0, 0.05) is 12.6 Å². The maximum atomic E-state index is 14.2. The molecule has 2 aromatic carbocycles. The number of ether oxygens (including phenoxy) is 1. The minimum atomic E-state index is -3.83. The lowest BCUT2D eigenvalue weighted by molar-refractivity contribution is 0.0666. The summed E-state index contributed by atoms with van der Waals surface area (Å²) in [7, 11) is -2.41. The molecule has 0 aliphatic carbocycles. The lowest BCUT2D eigenvalue weighted by Gasteiger charge is -2.29. The number of carbonyl (C=O) groups excluding carboxylic acids is 1. The van der Waals surface area contributed by atoms with Gasteiger partial charge in [-0.05, 0) is 57.0 Å². The zero-order chi connectivity index (χ0) is 22.5. The lowest BCUT2D eigenvalue weighted by Crippen LogP contribution is -2.38. The number of rotatable bonds is 9. The van der Waals surface area contributed by atoms with Crippen LogP contribution in [0.3, 0.4) is 0 Å². The van der Waals surface area contributed by atoms with E-state index in [0.29, 0.717) is 12.0 Å². The second-order valence-corrected chi connectivity index (χ2v) is 9.38. The Morgan fingerprint density at radius 1 is 1.10 bits per heavy atom. The fourth-order valence-corrected chi connectivity index (χ4v) is 3.31. The van der Waals surface area contributed by atoms with Crippen LogP contribution in [-0.4, -0.2) is 37.6 Å². The normalized spacial score (nSPS) is 12.5. The van der Waals surface area contributed by atoms with E-state index in [0.717, 1.165) is 0 Å². The van der Waals surface area contributed by atoms with E-state index in [9.17, 15) is 17.6 Å². The van der Waals surface area contributed by atoms with Crippen LogP contribution in [0.2, 0.25) is 0 Å². The van der Waals surface area contributed by atoms with Gasteiger partial charge >= 0.3 is 10.1 Å². The zero-order valence-electron chi connectivity index (χ0n) is 17.9. The average Bonchev–Trinajstić information content (AvgIpc) is 2.71. The van der Waals surface area contributed by atoms with E-state index in [1.54, 1.807) is 23.1 Å². The molecule has 2 rings (SSSR count). The van der Waals surface area contributed by atoms with Crippen molar-refractivity contribution >= 4 is 16.0 Å². The molecule has 0 aliphatic rings. The predicted octanol–water partition coefficient (Wildman–Crippen LogP) is 4.39. The second kappa shape index (κ2) is 9.93. The minimum Gasteiger partial charge on any atom is -0.493 e. The summed E-state index contributed by atoms with van der Waals surface area (Å²) >= 11 is 0. The Hall–Kier alpha value is -2.61. The van der Waals surface area contributed by atoms with Gasteiger partial charge in [-0.15, -0.1) is 0 Å². The molecule has 0 N–H and O–H groups in total. The van der Waals surface area contributed by atoms with Crippen molar-refractivity contribution in [3.8, 4) is 11.5 Å². The Balaban J connectivity index is 2.40. The zero-order valence-corrected chi connectivity index (χ0v) is 18.7. The van der Waals surface area contributed by atoms with Crippen molar-refractivity contribution in [1.29, 1.82) is 0 Å². The number of hydrogen-bond donors (Lipinski definition) is 0. The predicted molar refractivity (Wildman–Crippen MR) is 114 cm³/mol. The summed E-state index contributed by atoms with van der Waals surface area (Å²) in [5.74, 6) is -0.710. The molecule has 0 aliphatic heterocycles. The first kappa shape index (κ1) is 23.7. The molecule has 0 radical (unpaired) electrons. The van der Waals surface area contributed by atoms with Gasteiger partial charge in [-0.25, -0.2) is 4.39 Å². The van der Waals surface area contributed by atoms with Crippen LogP contribution in [0.1, 0.15) is 50.0 Å². The monoisotopic (exact) mass is 437 g/mol. The molecule has 0 fully saturated rings. The Kier molecular flexibility index (Phi) is 7.83. The van der Waals surface area contributed by atoms with Gasteiger partial charge in [-0.2, -0.15) is 8.42 Å². The number of nitrogens with zero attached hydrogens (tertiary/aromatic N) is 1. The molecule has 0 bridgehead atoms. The van der Waals surface area contributed by atoms with E-state index in [2.05, 4.69) is 0 Å². The first-order chi connectivity index (χ1) is 14.1.